The van der Waals surface area contributed by atoms with Crippen molar-refractivity contribution in [2.75, 3.05) is 5.75 Å². The molecule has 0 saturated carbocycles. The summed E-state index contributed by atoms with van der Waals surface area (Å²) >= 11 is 5.72. The Morgan fingerprint density at radius 2 is 2.06 bits per heavy atom. The Balaban J connectivity index is 2.24. The topological polar surface area (TPSA) is 40.5 Å². The zero-order valence-electron chi connectivity index (χ0n) is 8.71. The molecule has 2 nitrogen and oxygen atoms in total. The van der Waals surface area contributed by atoms with Crippen LogP contribution in [0.2, 0.25) is 0 Å². The van der Waals surface area contributed by atoms with E-state index in [2.05, 4.69) is 12.6 Å². The molecule has 0 aliphatic heterocycles. The van der Waals surface area contributed by atoms with Crippen LogP contribution in [0.4, 0.5) is 0 Å². The van der Waals surface area contributed by atoms with Crippen molar-refractivity contribution in [3.8, 4) is 0 Å². The predicted molar refractivity (Wildman–Crippen MR) is 71.3 cm³/mol. The van der Waals surface area contributed by atoms with Crippen LogP contribution in [-0.2, 0) is 0 Å². The van der Waals surface area contributed by atoms with Crippen LogP contribution in [0.5, 0.6) is 0 Å². The van der Waals surface area contributed by atoms with Gasteiger partial charge in [0.05, 0.1) is 6.10 Å². The fourth-order valence-corrected chi connectivity index (χ4v) is 2.72. The number of thiophene rings is 1. The number of hydrogen-bond acceptors (Lipinski definition) is 4. The summed E-state index contributed by atoms with van der Waals surface area (Å²) in [7, 11) is 0. The molecule has 0 fully saturated rings. The lowest BCUT2D eigenvalue weighted by Crippen LogP contribution is -2.18. The third-order valence-electron chi connectivity index (χ3n) is 2.61. The average Bonchev–Trinajstić information content (AvgIpc) is 2.75. The van der Waals surface area contributed by atoms with Gasteiger partial charge in [-0.3, -0.25) is 0 Å². The second-order valence-corrected chi connectivity index (χ2v) is 5.14. The summed E-state index contributed by atoms with van der Waals surface area (Å²) in [6.07, 6.45) is -1.07. The van der Waals surface area contributed by atoms with Crippen molar-refractivity contribution in [1.29, 1.82) is 0 Å². The van der Waals surface area contributed by atoms with Crippen LogP contribution in [0.3, 0.4) is 0 Å². The molecule has 0 spiro atoms. The maximum Gasteiger partial charge on any atom is 0.105 e. The molecule has 2 aromatic rings. The van der Waals surface area contributed by atoms with E-state index in [-0.39, 0.29) is 0 Å². The zero-order valence-corrected chi connectivity index (χ0v) is 10.4. The third kappa shape index (κ3) is 2.40. The molecule has 4 heteroatoms. The molecule has 0 bridgehead atoms. The van der Waals surface area contributed by atoms with E-state index < -0.39 is 12.2 Å². The van der Waals surface area contributed by atoms with Gasteiger partial charge >= 0.3 is 0 Å². The molecule has 0 saturated heterocycles. The summed E-state index contributed by atoms with van der Waals surface area (Å²) in [5.74, 6) is 0.568. The molecule has 2 rings (SSSR count). The van der Waals surface area contributed by atoms with Crippen LogP contribution in [0.1, 0.15) is 18.1 Å². The molecule has 2 unspecified atom stereocenters. The number of aliphatic hydroxyl groups is 2. The first kappa shape index (κ1) is 11.9. The first-order valence-corrected chi connectivity index (χ1v) is 6.67. The Hall–Kier alpha value is -0.550. The molecule has 1 aromatic carbocycles. The molecule has 0 amide bonds. The maximum absolute atomic E-state index is 9.94. The molecular weight excluding hydrogens is 240 g/mol. The van der Waals surface area contributed by atoms with Crippen molar-refractivity contribution >= 4 is 34.1 Å². The minimum absolute atomic E-state index is 0.492. The zero-order chi connectivity index (χ0) is 11.5. The van der Waals surface area contributed by atoms with Gasteiger partial charge in [-0.25, -0.2) is 0 Å². The fourth-order valence-electron chi connectivity index (χ4n) is 1.68. The smallest absolute Gasteiger partial charge is 0.105 e. The van der Waals surface area contributed by atoms with E-state index in [1.807, 2.05) is 29.6 Å². The van der Waals surface area contributed by atoms with Gasteiger partial charge in [-0.1, -0.05) is 6.07 Å². The van der Waals surface area contributed by atoms with E-state index in [0.717, 1.165) is 10.9 Å². The fraction of sp³-hybridized carbons (Fsp3) is 0.333. The van der Waals surface area contributed by atoms with Crippen molar-refractivity contribution < 1.29 is 10.2 Å². The van der Waals surface area contributed by atoms with Crippen LogP contribution in [0.25, 0.3) is 10.1 Å². The lowest BCUT2D eigenvalue weighted by Gasteiger charge is -2.17. The van der Waals surface area contributed by atoms with Crippen molar-refractivity contribution in [2.45, 2.75) is 18.6 Å². The van der Waals surface area contributed by atoms with E-state index in [1.165, 1.54) is 4.70 Å². The van der Waals surface area contributed by atoms with Crippen LogP contribution < -0.4 is 0 Å². The summed E-state index contributed by atoms with van der Waals surface area (Å²) in [4.78, 5) is 0. The van der Waals surface area contributed by atoms with E-state index in [0.29, 0.717) is 12.2 Å². The van der Waals surface area contributed by atoms with Crippen molar-refractivity contribution in [3.63, 3.8) is 0 Å². The van der Waals surface area contributed by atoms with Crippen molar-refractivity contribution in [3.05, 3.63) is 35.2 Å². The van der Waals surface area contributed by atoms with Crippen LogP contribution in [0, 0.1) is 0 Å². The van der Waals surface area contributed by atoms with Gasteiger partial charge in [0.2, 0.25) is 0 Å². The van der Waals surface area contributed by atoms with Crippen molar-refractivity contribution in [1.82, 2.24) is 0 Å². The van der Waals surface area contributed by atoms with Gasteiger partial charge in [-0.15, -0.1) is 11.3 Å². The van der Waals surface area contributed by atoms with Crippen LogP contribution in [-0.4, -0.2) is 22.1 Å². The third-order valence-corrected chi connectivity index (χ3v) is 3.76. The highest BCUT2D eigenvalue weighted by Gasteiger charge is 2.17. The second-order valence-electron chi connectivity index (χ2n) is 3.74. The minimum Gasteiger partial charge on any atom is -0.390 e. The lowest BCUT2D eigenvalue weighted by molar-refractivity contribution is 0.0173. The number of fused-ring (bicyclic) bond motifs is 1. The van der Waals surface area contributed by atoms with Crippen LogP contribution in [0.15, 0.2) is 29.6 Å². The first-order chi connectivity index (χ1) is 7.72. The highest BCUT2D eigenvalue weighted by atomic mass is 32.1. The Morgan fingerprint density at radius 1 is 1.25 bits per heavy atom. The SMILES string of the molecule is OC(CCS)C(O)c1ccc2sccc2c1. The van der Waals surface area contributed by atoms with Crippen molar-refractivity contribution in [2.24, 2.45) is 0 Å². The van der Waals surface area contributed by atoms with Gasteiger partial charge in [-0.05, 0) is 46.7 Å². The number of rotatable bonds is 4. The van der Waals surface area contributed by atoms with E-state index in [9.17, 15) is 10.2 Å². The molecule has 16 heavy (non-hydrogen) atoms. The molecule has 0 aliphatic rings. The molecule has 2 N–H and O–H groups in total. The van der Waals surface area contributed by atoms with Gasteiger partial charge in [0.1, 0.15) is 6.10 Å². The summed E-state index contributed by atoms with van der Waals surface area (Å²) in [5.41, 5.74) is 0.764. The second kappa shape index (κ2) is 5.19. The standard InChI is InChI=1S/C12H14O2S2/c13-10(3-5-15)12(14)9-1-2-11-8(7-9)4-6-16-11/h1-2,4,6-7,10,12-15H,3,5H2. The largest absolute Gasteiger partial charge is 0.390 e. The monoisotopic (exact) mass is 254 g/mol. The Morgan fingerprint density at radius 3 is 2.81 bits per heavy atom. The Labute approximate surface area is 104 Å². The number of hydrogen-bond donors (Lipinski definition) is 3. The molecular formula is C12H14O2S2. The minimum atomic E-state index is -0.823. The van der Waals surface area contributed by atoms with Gasteiger partial charge in [-0.2, -0.15) is 12.6 Å². The van der Waals surface area contributed by atoms with Gasteiger partial charge in [0.25, 0.3) is 0 Å². The number of thiol groups is 1. The number of aliphatic hydroxyl groups excluding tert-OH is 2. The molecule has 86 valence electrons. The van der Waals surface area contributed by atoms with E-state index >= 15 is 0 Å². The molecule has 1 heterocycles. The summed E-state index contributed by atoms with van der Waals surface area (Å²) in [6.45, 7) is 0. The van der Waals surface area contributed by atoms with Crippen LogP contribution >= 0.6 is 24.0 Å². The summed E-state index contributed by atoms with van der Waals surface area (Å²) < 4.78 is 1.19. The lowest BCUT2D eigenvalue weighted by atomic mass is 10.0. The van der Waals surface area contributed by atoms with Gasteiger partial charge < -0.3 is 10.2 Å². The molecule has 0 aliphatic carbocycles. The Kier molecular flexibility index (Phi) is 3.86. The quantitative estimate of drug-likeness (QED) is 0.734. The van der Waals surface area contributed by atoms with E-state index in [4.69, 9.17) is 0 Å². The molecule has 2 atom stereocenters. The summed E-state index contributed by atoms with van der Waals surface area (Å²) in [5, 5.41) is 22.8. The van der Waals surface area contributed by atoms with E-state index in [1.54, 1.807) is 11.3 Å². The maximum atomic E-state index is 9.94. The average molecular weight is 254 g/mol. The molecule has 0 radical (unpaired) electrons. The number of benzene rings is 1. The predicted octanol–water partition coefficient (Wildman–Crippen LogP) is 2.62. The highest BCUT2D eigenvalue weighted by molar-refractivity contribution is 7.80. The molecule has 1 aromatic heterocycles. The summed E-state index contributed by atoms with van der Waals surface area (Å²) in [6, 6.07) is 7.79. The van der Waals surface area contributed by atoms with Gasteiger partial charge in [0, 0.05) is 4.70 Å². The Bertz CT molecular complexity index is 467. The van der Waals surface area contributed by atoms with Gasteiger partial charge in [0.15, 0.2) is 0 Å². The highest BCUT2D eigenvalue weighted by Crippen LogP contribution is 2.26. The first-order valence-electron chi connectivity index (χ1n) is 5.16. The normalized spacial score (nSPS) is 15.2.